The number of nitrogens with zero attached hydrogens (tertiary/aromatic N) is 6. The summed E-state index contributed by atoms with van der Waals surface area (Å²) in [6, 6.07) is 9.59. The number of aromatic nitrogens is 3. The highest BCUT2D eigenvalue weighted by Gasteiger charge is 2.51. The van der Waals surface area contributed by atoms with Gasteiger partial charge in [0.15, 0.2) is 12.6 Å². The Hall–Kier alpha value is -4.51. The second-order valence-electron chi connectivity index (χ2n) is 21.7. The van der Waals surface area contributed by atoms with Gasteiger partial charge in [0.2, 0.25) is 0 Å². The van der Waals surface area contributed by atoms with Crippen LogP contribution in [0.15, 0.2) is 36.5 Å². The average molecular weight is 907 g/mol. The summed E-state index contributed by atoms with van der Waals surface area (Å²) in [5.74, 6) is 5.28. The van der Waals surface area contributed by atoms with Crippen molar-refractivity contribution in [2.75, 3.05) is 45.0 Å². The van der Waals surface area contributed by atoms with Gasteiger partial charge in [0.25, 0.3) is 0 Å². The van der Waals surface area contributed by atoms with Gasteiger partial charge in [0, 0.05) is 55.5 Å². The maximum absolute atomic E-state index is 18.1. The maximum atomic E-state index is 18.1. The van der Waals surface area contributed by atoms with E-state index in [2.05, 4.69) is 83.6 Å². The van der Waals surface area contributed by atoms with Crippen LogP contribution in [0.4, 0.5) is 15.0 Å². The number of pyridine rings is 1. The SMILES string of the molecule is COCOc1cc(-c2ncc3c(N4C[C@@H]5CC[C@H]([C@H]4C)N5C(=O)OC(C)(C)C)nc(OCC45CC(C)CN4CC(C)C5)nc3c2F)c2c(C#C[Si](C(C)C)(C(C)C)C(C)C)cccc2c1. The van der Waals surface area contributed by atoms with E-state index in [1.165, 1.54) is 0 Å². The van der Waals surface area contributed by atoms with Gasteiger partial charge in [0.1, 0.15) is 43.1 Å². The van der Waals surface area contributed by atoms with E-state index in [9.17, 15) is 4.79 Å². The molecular formula is C52H71FN6O5Si. The van der Waals surface area contributed by atoms with Crippen molar-refractivity contribution in [2.45, 2.75) is 155 Å². The fourth-order valence-electron chi connectivity index (χ4n) is 12.4. The number of hydrogen-bond acceptors (Lipinski definition) is 10. The highest BCUT2D eigenvalue weighted by atomic mass is 28.3. The molecule has 4 aliphatic heterocycles. The van der Waals surface area contributed by atoms with Crippen LogP contribution in [0, 0.1) is 29.1 Å². The maximum Gasteiger partial charge on any atom is 0.410 e. The predicted molar refractivity (Wildman–Crippen MR) is 260 cm³/mol. The zero-order chi connectivity index (χ0) is 46.7. The number of fused-ring (bicyclic) bond motifs is 5. The van der Waals surface area contributed by atoms with E-state index >= 15 is 4.39 Å². The molecule has 350 valence electrons. The molecule has 8 rings (SSSR count). The number of hydrogen-bond donors (Lipinski definition) is 0. The summed E-state index contributed by atoms with van der Waals surface area (Å²) in [5, 5.41) is 2.14. The number of halogens is 1. The summed E-state index contributed by atoms with van der Waals surface area (Å²) in [6.45, 7) is 29.3. The van der Waals surface area contributed by atoms with Gasteiger partial charge in [-0.1, -0.05) is 73.4 Å². The Kier molecular flexibility index (Phi) is 13.0. The Bertz CT molecular complexity index is 2460. The minimum Gasteiger partial charge on any atom is -0.468 e. The van der Waals surface area contributed by atoms with Gasteiger partial charge in [-0.15, -0.1) is 5.54 Å². The topological polar surface area (TPSA) is 102 Å². The summed E-state index contributed by atoms with van der Waals surface area (Å²) in [4.78, 5) is 35.4. The number of carbonyl (C=O) groups excluding carboxylic acids is 1. The molecule has 11 nitrogen and oxygen atoms in total. The van der Waals surface area contributed by atoms with Crippen molar-refractivity contribution in [3.63, 3.8) is 0 Å². The Morgan fingerprint density at radius 2 is 1.65 bits per heavy atom. The number of methoxy groups -OCH3 is 1. The van der Waals surface area contributed by atoms with Gasteiger partial charge < -0.3 is 23.8 Å². The molecule has 13 heteroatoms. The summed E-state index contributed by atoms with van der Waals surface area (Å²) >= 11 is 0. The van der Waals surface area contributed by atoms with Gasteiger partial charge in [-0.3, -0.25) is 14.8 Å². The molecule has 1 amide bonds. The lowest BCUT2D eigenvalue weighted by atomic mass is 9.89. The van der Waals surface area contributed by atoms with E-state index in [1.54, 1.807) is 13.3 Å². The molecule has 4 fully saturated rings. The van der Waals surface area contributed by atoms with Crippen molar-refractivity contribution in [2.24, 2.45) is 11.8 Å². The van der Waals surface area contributed by atoms with Crippen molar-refractivity contribution >= 4 is 41.7 Å². The van der Waals surface area contributed by atoms with Gasteiger partial charge in [-0.2, -0.15) is 9.97 Å². The molecule has 4 aromatic rings. The molecule has 4 aliphatic rings. The van der Waals surface area contributed by atoms with E-state index in [4.69, 9.17) is 33.9 Å². The second kappa shape index (κ2) is 17.9. The first-order valence-corrected chi connectivity index (χ1v) is 26.2. The molecule has 0 aliphatic carbocycles. The molecule has 0 N–H and O–H groups in total. The first-order chi connectivity index (χ1) is 30.8. The van der Waals surface area contributed by atoms with Crippen LogP contribution in [0.1, 0.15) is 114 Å². The Labute approximate surface area is 387 Å². The van der Waals surface area contributed by atoms with Crippen molar-refractivity contribution in [1.29, 1.82) is 0 Å². The summed E-state index contributed by atoms with van der Waals surface area (Å²) in [5.41, 5.74) is 6.13. The molecule has 2 aromatic heterocycles. The predicted octanol–water partition coefficient (Wildman–Crippen LogP) is 11.0. The van der Waals surface area contributed by atoms with Crippen molar-refractivity contribution in [1.82, 2.24) is 24.8 Å². The van der Waals surface area contributed by atoms with Crippen LogP contribution in [0.25, 0.3) is 32.9 Å². The third-order valence-corrected chi connectivity index (χ3v) is 21.3. The number of rotatable bonds is 11. The first kappa shape index (κ1) is 47.0. The molecule has 2 unspecified atom stereocenters. The lowest BCUT2D eigenvalue weighted by Crippen LogP contribution is -2.61. The lowest BCUT2D eigenvalue weighted by Gasteiger charge is -2.46. The van der Waals surface area contributed by atoms with Gasteiger partial charge in [-0.05, 0) is 105 Å². The van der Waals surface area contributed by atoms with Crippen molar-refractivity contribution < 1.29 is 28.1 Å². The largest absolute Gasteiger partial charge is 0.468 e. The first-order valence-electron chi connectivity index (χ1n) is 24.0. The Balaban J connectivity index is 1.29. The van der Waals surface area contributed by atoms with E-state index < -0.39 is 19.5 Å². The zero-order valence-electron chi connectivity index (χ0n) is 41.0. The van der Waals surface area contributed by atoms with Crippen molar-refractivity contribution in [3.8, 4) is 34.5 Å². The number of carbonyl (C=O) groups is 1. The van der Waals surface area contributed by atoms with E-state index in [0.717, 1.165) is 55.1 Å². The lowest BCUT2D eigenvalue weighted by molar-refractivity contribution is 0.00831. The molecule has 6 heterocycles. The molecule has 0 spiro atoms. The molecule has 5 atom stereocenters. The van der Waals surface area contributed by atoms with E-state index in [0.29, 0.717) is 64.1 Å². The standard InChI is InChI=1S/C52H71FN6O5Si/c1-31(2)65(32(3)4,33(5)6)20-19-37-15-14-16-38-21-40(63-30-61-13)22-41(44(37)38)46-45(53)47-42(25-54-46)48(56-49(55-47)62-29-52-23-34(7)26-57(52)27-35(8)24-52)58-28-39-17-18-43(36(58)9)59(39)50(60)64-51(10,11)12/h14-16,21-22,25,31-36,39,43H,17-18,23-24,26-30H2,1-13H3/t34?,35?,36-,39+,43-,52?/m1/s1. The van der Waals surface area contributed by atoms with Crippen LogP contribution >= 0.6 is 0 Å². The highest BCUT2D eigenvalue weighted by Crippen LogP contribution is 2.46. The monoisotopic (exact) mass is 907 g/mol. The van der Waals surface area contributed by atoms with Crippen molar-refractivity contribution in [3.05, 3.63) is 47.9 Å². The second-order valence-corrected chi connectivity index (χ2v) is 27.3. The van der Waals surface area contributed by atoms with Gasteiger partial charge >= 0.3 is 12.1 Å². The minimum absolute atomic E-state index is 0.0263. The van der Waals surface area contributed by atoms with Crippen LogP contribution < -0.4 is 14.4 Å². The molecular weight excluding hydrogens is 836 g/mol. The normalized spacial score (nSPS) is 24.7. The Morgan fingerprint density at radius 3 is 2.29 bits per heavy atom. The number of ether oxygens (including phenoxy) is 4. The average Bonchev–Trinajstić information content (AvgIpc) is 3.85. The molecule has 0 saturated carbocycles. The molecule has 2 bridgehead atoms. The highest BCUT2D eigenvalue weighted by molar-refractivity contribution is 6.90. The van der Waals surface area contributed by atoms with Gasteiger partial charge in [0.05, 0.1) is 23.0 Å². The fraction of sp³-hybridized carbons (Fsp3) is 0.615. The molecule has 4 saturated heterocycles. The van der Waals surface area contributed by atoms with Gasteiger partial charge in [-0.25, -0.2) is 9.18 Å². The van der Waals surface area contributed by atoms with Crippen LogP contribution in [0.3, 0.4) is 0 Å². The molecule has 65 heavy (non-hydrogen) atoms. The fourth-order valence-corrected chi connectivity index (χ4v) is 17.7. The van der Waals surface area contributed by atoms with E-state index in [-0.39, 0.29) is 53.8 Å². The summed E-state index contributed by atoms with van der Waals surface area (Å²) in [7, 11) is -0.549. The summed E-state index contributed by atoms with van der Waals surface area (Å²) in [6.07, 6.45) is 5.12. The molecule has 2 aromatic carbocycles. The van der Waals surface area contributed by atoms with Crippen LogP contribution in [-0.2, 0) is 9.47 Å². The third-order valence-electron chi connectivity index (χ3n) is 15.0. The minimum atomic E-state index is -2.13. The van der Waals surface area contributed by atoms with E-state index in [1.807, 2.05) is 56.0 Å². The quantitative estimate of drug-likeness (QED) is 0.0821. The molecule has 0 radical (unpaired) electrons. The van der Waals surface area contributed by atoms with Crippen LogP contribution in [0.5, 0.6) is 11.8 Å². The number of piperazine rings is 1. The number of amides is 1. The number of anilines is 1. The smallest absolute Gasteiger partial charge is 0.410 e. The number of benzene rings is 2. The third kappa shape index (κ3) is 8.68. The Morgan fingerprint density at radius 1 is 0.954 bits per heavy atom. The zero-order valence-corrected chi connectivity index (χ0v) is 42.0. The van der Waals surface area contributed by atoms with Crippen LogP contribution in [-0.4, -0.2) is 108 Å². The summed E-state index contributed by atoms with van der Waals surface area (Å²) < 4.78 is 42.0. The van der Waals surface area contributed by atoms with Crippen LogP contribution in [0.2, 0.25) is 16.6 Å².